The summed E-state index contributed by atoms with van der Waals surface area (Å²) in [6, 6.07) is 4.15. The van der Waals surface area contributed by atoms with Gasteiger partial charge in [-0.15, -0.1) is 0 Å². The highest BCUT2D eigenvalue weighted by atomic mass is 32.1. The predicted octanol–water partition coefficient (Wildman–Crippen LogP) is 2.02. The molecule has 1 heterocycles. The summed E-state index contributed by atoms with van der Waals surface area (Å²) in [4.78, 5) is 4.07. The van der Waals surface area contributed by atoms with Crippen LogP contribution in [0.4, 0.5) is 0 Å². The van der Waals surface area contributed by atoms with Crippen LogP contribution < -0.4 is 10.6 Å². The van der Waals surface area contributed by atoms with Gasteiger partial charge in [0.1, 0.15) is 0 Å². The van der Waals surface area contributed by atoms with Gasteiger partial charge in [0.05, 0.1) is 6.04 Å². The zero-order valence-electron chi connectivity index (χ0n) is 9.16. The van der Waals surface area contributed by atoms with E-state index in [9.17, 15) is 0 Å². The molecule has 4 heteroatoms. The first kappa shape index (κ1) is 11.9. The quantitative estimate of drug-likeness (QED) is 0.766. The molecule has 0 spiro atoms. The molecule has 0 aromatic carbocycles. The number of hydrogen-bond acceptors (Lipinski definition) is 2. The Hall–Kier alpha value is -1.16. The molecule has 1 unspecified atom stereocenters. The summed E-state index contributed by atoms with van der Waals surface area (Å²) in [6.45, 7) is 5.09. The molecule has 0 radical (unpaired) electrons. The average Bonchev–Trinajstić information content (AvgIpc) is 2.27. The lowest BCUT2D eigenvalue weighted by Crippen LogP contribution is -2.37. The van der Waals surface area contributed by atoms with Crippen molar-refractivity contribution in [3.8, 4) is 0 Å². The summed E-state index contributed by atoms with van der Waals surface area (Å²) in [7, 11) is 0. The zero-order chi connectivity index (χ0) is 11.1. The van der Waals surface area contributed by atoms with Crippen LogP contribution in [0.1, 0.15) is 31.9 Å². The number of pyridine rings is 1. The van der Waals surface area contributed by atoms with E-state index in [0.717, 1.165) is 18.5 Å². The lowest BCUT2D eigenvalue weighted by molar-refractivity contribution is 0.691. The van der Waals surface area contributed by atoms with Crippen molar-refractivity contribution < 1.29 is 0 Å². The van der Waals surface area contributed by atoms with Crippen LogP contribution in [0.2, 0.25) is 0 Å². The van der Waals surface area contributed by atoms with E-state index in [1.165, 1.54) is 0 Å². The van der Waals surface area contributed by atoms with Gasteiger partial charge in [-0.1, -0.05) is 13.0 Å². The number of nitrogens with zero attached hydrogens (tertiary/aromatic N) is 1. The molecule has 0 bridgehead atoms. The van der Waals surface area contributed by atoms with Crippen molar-refractivity contribution in [1.29, 1.82) is 0 Å². The summed E-state index contributed by atoms with van der Waals surface area (Å²) in [6.07, 6.45) is 4.69. The van der Waals surface area contributed by atoms with E-state index >= 15 is 0 Å². The van der Waals surface area contributed by atoms with Crippen molar-refractivity contribution in [2.45, 2.75) is 26.3 Å². The van der Waals surface area contributed by atoms with Gasteiger partial charge in [0, 0.05) is 18.9 Å². The SMILES string of the molecule is CCCNC(=S)NC(C)c1cccnc1. The standard InChI is InChI=1S/C11H17N3S/c1-3-6-13-11(15)14-9(2)10-5-4-7-12-8-10/h4-5,7-9H,3,6H2,1-2H3,(H2,13,14,15). The molecule has 0 amide bonds. The van der Waals surface area contributed by atoms with E-state index in [0.29, 0.717) is 5.11 Å². The molecule has 82 valence electrons. The van der Waals surface area contributed by atoms with Crippen LogP contribution in [0.5, 0.6) is 0 Å². The first-order valence-corrected chi connectivity index (χ1v) is 5.59. The van der Waals surface area contributed by atoms with Gasteiger partial charge >= 0.3 is 0 Å². The summed E-state index contributed by atoms with van der Waals surface area (Å²) in [5.41, 5.74) is 1.14. The van der Waals surface area contributed by atoms with Gasteiger partial charge in [-0.25, -0.2) is 0 Å². The second kappa shape index (κ2) is 6.35. The van der Waals surface area contributed by atoms with E-state index in [-0.39, 0.29) is 6.04 Å². The lowest BCUT2D eigenvalue weighted by Gasteiger charge is -2.16. The Morgan fingerprint density at radius 1 is 1.60 bits per heavy atom. The molecule has 3 nitrogen and oxygen atoms in total. The molecule has 1 aromatic rings. The third-order valence-electron chi connectivity index (χ3n) is 2.07. The molecule has 0 saturated carbocycles. The Kier molecular flexibility index (Phi) is 5.04. The minimum Gasteiger partial charge on any atom is -0.363 e. The molecular weight excluding hydrogens is 206 g/mol. The molecule has 1 rings (SSSR count). The molecule has 2 N–H and O–H groups in total. The summed E-state index contributed by atoms with van der Waals surface area (Å²) >= 11 is 5.15. The van der Waals surface area contributed by atoms with Crippen molar-refractivity contribution in [1.82, 2.24) is 15.6 Å². The van der Waals surface area contributed by atoms with Crippen molar-refractivity contribution in [3.05, 3.63) is 30.1 Å². The van der Waals surface area contributed by atoms with Crippen LogP contribution in [0.25, 0.3) is 0 Å². The highest BCUT2D eigenvalue weighted by Crippen LogP contribution is 2.08. The lowest BCUT2D eigenvalue weighted by atomic mass is 10.1. The zero-order valence-corrected chi connectivity index (χ0v) is 9.97. The van der Waals surface area contributed by atoms with Gasteiger partial charge in [0.25, 0.3) is 0 Å². The first-order chi connectivity index (χ1) is 7.24. The fourth-order valence-corrected chi connectivity index (χ4v) is 1.48. The number of hydrogen-bond donors (Lipinski definition) is 2. The Bertz CT molecular complexity index is 300. The number of rotatable bonds is 4. The second-order valence-corrected chi connectivity index (χ2v) is 3.82. The second-order valence-electron chi connectivity index (χ2n) is 3.41. The Labute approximate surface area is 96.3 Å². The fourth-order valence-electron chi connectivity index (χ4n) is 1.20. The minimum absolute atomic E-state index is 0.190. The Morgan fingerprint density at radius 2 is 2.40 bits per heavy atom. The van der Waals surface area contributed by atoms with E-state index in [4.69, 9.17) is 12.2 Å². The van der Waals surface area contributed by atoms with Gasteiger partial charge in [-0.2, -0.15) is 0 Å². The van der Waals surface area contributed by atoms with Gasteiger partial charge in [0.15, 0.2) is 5.11 Å². The molecule has 0 aliphatic heterocycles. The van der Waals surface area contributed by atoms with Crippen molar-refractivity contribution in [2.24, 2.45) is 0 Å². The van der Waals surface area contributed by atoms with Crippen LogP contribution in [-0.2, 0) is 0 Å². The van der Waals surface area contributed by atoms with Crippen molar-refractivity contribution in [2.75, 3.05) is 6.54 Å². The van der Waals surface area contributed by atoms with Crippen LogP contribution in [-0.4, -0.2) is 16.6 Å². The van der Waals surface area contributed by atoms with Crippen molar-refractivity contribution >= 4 is 17.3 Å². The van der Waals surface area contributed by atoms with Gasteiger partial charge in [0.2, 0.25) is 0 Å². The number of aromatic nitrogens is 1. The van der Waals surface area contributed by atoms with Gasteiger partial charge < -0.3 is 10.6 Å². The molecule has 1 aromatic heterocycles. The molecule has 0 aliphatic carbocycles. The maximum absolute atomic E-state index is 5.15. The molecule has 15 heavy (non-hydrogen) atoms. The fraction of sp³-hybridized carbons (Fsp3) is 0.455. The number of thiocarbonyl (C=S) groups is 1. The van der Waals surface area contributed by atoms with E-state index in [1.807, 2.05) is 18.3 Å². The summed E-state index contributed by atoms with van der Waals surface area (Å²) in [5.74, 6) is 0. The van der Waals surface area contributed by atoms with E-state index in [1.54, 1.807) is 6.20 Å². The van der Waals surface area contributed by atoms with E-state index in [2.05, 4.69) is 29.5 Å². The first-order valence-electron chi connectivity index (χ1n) is 5.18. The molecule has 0 fully saturated rings. The smallest absolute Gasteiger partial charge is 0.166 e. The topological polar surface area (TPSA) is 37.0 Å². The number of nitrogens with one attached hydrogen (secondary N) is 2. The minimum atomic E-state index is 0.190. The third-order valence-corrected chi connectivity index (χ3v) is 2.33. The summed E-state index contributed by atoms with van der Waals surface area (Å²) in [5, 5.41) is 7.05. The Morgan fingerprint density at radius 3 is 3.00 bits per heavy atom. The van der Waals surface area contributed by atoms with Gasteiger partial charge in [-0.05, 0) is 37.2 Å². The maximum atomic E-state index is 5.15. The van der Waals surface area contributed by atoms with Gasteiger partial charge in [-0.3, -0.25) is 4.98 Å². The van der Waals surface area contributed by atoms with E-state index < -0.39 is 0 Å². The van der Waals surface area contributed by atoms with Crippen molar-refractivity contribution in [3.63, 3.8) is 0 Å². The average molecular weight is 223 g/mol. The molecule has 0 aliphatic rings. The highest BCUT2D eigenvalue weighted by Gasteiger charge is 2.05. The third kappa shape index (κ3) is 4.25. The largest absolute Gasteiger partial charge is 0.363 e. The normalized spacial score (nSPS) is 11.9. The van der Waals surface area contributed by atoms with Crippen LogP contribution in [0, 0.1) is 0 Å². The summed E-state index contributed by atoms with van der Waals surface area (Å²) < 4.78 is 0. The molecular formula is C11H17N3S. The molecule has 0 saturated heterocycles. The Balaban J connectivity index is 2.42. The highest BCUT2D eigenvalue weighted by molar-refractivity contribution is 7.80. The van der Waals surface area contributed by atoms with Crippen LogP contribution in [0.15, 0.2) is 24.5 Å². The van der Waals surface area contributed by atoms with Crippen LogP contribution >= 0.6 is 12.2 Å². The molecule has 1 atom stereocenters. The maximum Gasteiger partial charge on any atom is 0.166 e. The van der Waals surface area contributed by atoms with Crippen LogP contribution in [0.3, 0.4) is 0 Å². The monoisotopic (exact) mass is 223 g/mol. The predicted molar refractivity (Wildman–Crippen MR) is 66.7 cm³/mol.